The van der Waals surface area contributed by atoms with Crippen molar-refractivity contribution in [3.05, 3.63) is 42.2 Å². The molecule has 0 spiro atoms. The molecule has 6 heteroatoms. The van der Waals surface area contributed by atoms with Crippen LogP contribution in [0.4, 0.5) is 5.69 Å². The molecule has 0 aliphatic carbocycles. The van der Waals surface area contributed by atoms with Gasteiger partial charge in [-0.15, -0.1) is 0 Å². The lowest BCUT2D eigenvalue weighted by Gasteiger charge is -2.06. The topological polar surface area (TPSA) is 77.5 Å². The number of nitrogens with one attached hydrogen (secondary N) is 1. The van der Waals surface area contributed by atoms with E-state index in [4.69, 9.17) is 10.5 Å². The molecule has 19 heavy (non-hydrogen) atoms. The number of aliphatic imine (C=N–C) groups is 1. The van der Waals surface area contributed by atoms with Crippen LogP contribution in [0.25, 0.3) is 0 Å². The third-order valence-electron chi connectivity index (χ3n) is 2.55. The summed E-state index contributed by atoms with van der Waals surface area (Å²) in [5.41, 5.74) is 7.70. The summed E-state index contributed by atoms with van der Waals surface area (Å²) in [5.74, 6) is 1.17. The summed E-state index contributed by atoms with van der Waals surface area (Å²) in [6, 6.07) is 7.48. The number of methoxy groups -OCH3 is 1. The minimum absolute atomic E-state index is 0.369. The summed E-state index contributed by atoms with van der Waals surface area (Å²) < 4.78 is 6.82. The normalized spacial score (nSPS) is 11.4. The molecule has 0 aliphatic heterocycles. The molecule has 1 aromatic carbocycles. The monoisotopic (exact) mass is 259 g/mol. The van der Waals surface area contributed by atoms with Crippen molar-refractivity contribution in [1.29, 1.82) is 0 Å². The Hall–Kier alpha value is -2.50. The van der Waals surface area contributed by atoms with Crippen LogP contribution in [0.5, 0.6) is 5.75 Å². The number of nitrogens with zero attached hydrogens (tertiary/aromatic N) is 3. The molecule has 0 saturated heterocycles. The molecule has 0 atom stereocenters. The van der Waals surface area contributed by atoms with E-state index >= 15 is 0 Å². The van der Waals surface area contributed by atoms with Crippen LogP contribution < -0.4 is 15.8 Å². The highest BCUT2D eigenvalue weighted by Crippen LogP contribution is 2.14. The number of guanidine groups is 1. The summed E-state index contributed by atoms with van der Waals surface area (Å²) in [5, 5.41) is 7.09. The first-order valence-corrected chi connectivity index (χ1v) is 5.86. The summed E-state index contributed by atoms with van der Waals surface area (Å²) >= 11 is 0. The van der Waals surface area contributed by atoms with Crippen molar-refractivity contribution in [2.45, 2.75) is 6.54 Å². The van der Waals surface area contributed by atoms with Gasteiger partial charge in [0.05, 0.1) is 19.9 Å². The molecule has 1 aromatic heterocycles. The number of aryl methyl sites for hydroxylation is 1. The van der Waals surface area contributed by atoms with Crippen molar-refractivity contribution in [1.82, 2.24) is 9.78 Å². The quantitative estimate of drug-likeness (QED) is 0.642. The van der Waals surface area contributed by atoms with E-state index in [1.165, 1.54) is 0 Å². The van der Waals surface area contributed by atoms with Crippen LogP contribution in [0.3, 0.4) is 0 Å². The molecule has 0 unspecified atom stereocenters. The summed E-state index contributed by atoms with van der Waals surface area (Å²) in [6.07, 6.45) is 3.67. The molecule has 3 N–H and O–H groups in total. The first-order chi connectivity index (χ1) is 9.17. The van der Waals surface area contributed by atoms with Crippen LogP contribution in [-0.4, -0.2) is 22.8 Å². The molecule has 2 aromatic rings. The highest BCUT2D eigenvalue weighted by Gasteiger charge is 1.98. The van der Waals surface area contributed by atoms with E-state index in [1.807, 2.05) is 37.5 Å². The maximum atomic E-state index is 5.81. The van der Waals surface area contributed by atoms with Gasteiger partial charge in [0.15, 0.2) is 5.96 Å². The van der Waals surface area contributed by atoms with Crippen molar-refractivity contribution in [3.8, 4) is 5.75 Å². The Bertz CT molecular complexity index is 559. The van der Waals surface area contributed by atoms with Gasteiger partial charge >= 0.3 is 0 Å². The zero-order valence-electron chi connectivity index (χ0n) is 11.0. The highest BCUT2D eigenvalue weighted by molar-refractivity contribution is 5.92. The van der Waals surface area contributed by atoms with Crippen LogP contribution in [0.2, 0.25) is 0 Å². The average Bonchev–Trinajstić information content (AvgIpc) is 2.83. The fourth-order valence-corrected chi connectivity index (χ4v) is 1.59. The van der Waals surface area contributed by atoms with Gasteiger partial charge in [-0.1, -0.05) is 0 Å². The standard InChI is InChI=1S/C13H17N5O/c1-18-9-10(8-16-18)7-15-13(14)17-11-3-5-12(19-2)6-4-11/h3-6,8-9H,7H2,1-2H3,(H3,14,15,17). The molecule has 6 nitrogen and oxygen atoms in total. The Labute approximate surface area is 111 Å². The number of benzene rings is 1. The second-order valence-electron chi connectivity index (χ2n) is 4.08. The Balaban J connectivity index is 1.93. The second-order valence-corrected chi connectivity index (χ2v) is 4.08. The number of nitrogens with two attached hydrogens (primary N) is 1. The molecule has 100 valence electrons. The van der Waals surface area contributed by atoms with Gasteiger partial charge in [-0.25, -0.2) is 4.99 Å². The molecular formula is C13H17N5O. The van der Waals surface area contributed by atoms with E-state index in [2.05, 4.69) is 15.4 Å². The molecule has 1 heterocycles. The van der Waals surface area contributed by atoms with Gasteiger partial charge < -0.3 is 15.8 Å². The van der Waals surface area contributed by atoms with Crippen LogP contribution in [0.1, 0.15) is 5.56 Å². The summed E-state index contributed by atoms with van der Waals surface area (Å²) in [4.78, 5) is 4.24. The lowest BCUT2D eigenvalue weighted by Crippen LogP contribution is -2.22. The zero-order valence-corrected chi connectivity index (χ0v) is 11.0. The molecule has 0 saturated carbocycles. The molecule has 0 aliphatic rings. The number of ether oxygens (including phenoxy) is 1. The smallest absolute Gasteiger partial charge is 0.193 e. The van der Waals surface area contributed by atoms with Crippen LogP contribution in [0, 0.1) is 0 Å². The molecular weight excluding hydrogens is 242 g/mol. The summed E-state index contributed by atoms with van der Waals surface area (Å²) in [6.45, 7) is 0.503. The van der Waals surface area contributed by atoms with Crippen molar-refractivity contribution in [3.63, 3.8) is 0 Å². The minimum Gasteiger partial charge on any atom is -0.497 e. The van der Waals surface area contributed by atoms with Gasteiger partial charge in [0, 0.05) is 24.5 Å². The molecule has 2 rings (SSSR count). The van der Waals surface area contributed by atoms with Crippen LogP contribution in [0.15, 0.2) is 41.7 Å². The maximum absolute atomic E-state index is 5.81. The molecule has 0 bridgehead atoms. The van der Waals surface area contributed by atoms with E-state index in [1.54, 1.807) is 18.0 Å². The molecule has 0 radical (unpaired) electrons. The van der Waals surface area contributed by atoms with Gasteiger partial charge in [-0.3, -0.25) is 4.68 Å². The van der Waals surface area contributed by atoms with Gasteiger partial charge in [-0.2, -0.15) is 5.10 Å². The minimum atomic E-state index is 0.369. The van der Waals surface area contributed by atoms with E-state index in [0.29, 0.717) is 12.5 Å². The Morgan fingerprint density at radius 1 is 1.42 bits per heavy atom. The van der Waals surface area contributed by atoms with E-state index in [0.717, 1.165) is 17.0 Å². The van der Waals surface area contributed by atoms with Crippen molar-refractivity contribution in [2.24, 2.45) is 17.8 Å². The third kappa shape index (κ3) is 3.74. The van der Waals surface area contributed by atoms with Crippen molar-refractivity contribution < 1.29 is 4.74 Å². The third-order valence-corrected chi connectivity index (χ3v) is 2.55. The first-order valence-electron chi connectivity index (χ1n) is 5.86. The van der Waals surface area contributed by atoms with Gasteiger partial charge in [-0.05, 0) is 24.3 Å². The van der Waals surface area contributed by atoms with Crippen LogP contribution >= 0.6 is 0 Å². The van der Waals surface area contributed by atoms with Gasteiger partial charge in [0.25, 0.3) is 0 Å². The van der Waals surface area contributed by atoms with E-state index in [-0.39, 0.29) is 0 Å². The van der Waals surface area contributed by atoms with Gasteiger partial charge in [0.1, 0.15) is 5.75 Å². The predicted octanol–water partition coefficient (Wildman–Crippen LogP) is 1.36. The SMILES string of the molecule is COc1ccc(NC(N)=NCc2cnn(C)c2)cc1. The molecule has 0 fully saturated rings. The zero-order chi connectivity index (χ0) is 13.7. The number of hydrogen-bond donors (Lipinski definition) is 2. The summed E-state index contributed by atoms with van der Waals surface area (Å²) in [7, 11) is 3.50. The predicted molar refractivity (Wildman–Crippen MR) is 75.2 cm³/mol. The Morgan fingerprint density at radius 2 is 2.16 bits per heavy atom. The lowest BCUT2D eigenvalue weighted by molar-refractivity contribution is 0.415. The fourth-order valence-electron chi connectivity index (χ4n) is 1.59. The van der Waals surface area contributed by atoms with Crippen molar-refractivity contribution >= 4 is 11.6 Å². The Morgan fingerprint density at radius 3 is 2.74 bits per heavy atom. The highest BCUT2D eigenvalue weighted by atomic mass is 16.5. The number of aromatic nitrogens is 2. The van der Waals surface area contributed by atoms with E-state index < -0.39 is 0 Å². The fraction of sp³-hybridized carbons (Fsp3) is 0.231. The lowest BCUT2D eigenvalue weighted by atomic mass is 10.3. The van der Waals surface area contributed by atoms with E-state index in [9.17, 15) is 0 Å². The number of anilines is 1. The Kier molecular flexibility index (Phi) is 4.02. The molecule has 0 amide bonds. The average molecular weight is 259 g/mol. The second kappa shape index (κ2) is 5.90. The largest absolute Gasteiger partial charge is 0.497 e. The van der Waals surface area contributed by atoms with Crippen LogP contribution in [-0.2, 0) is 13.6 Å². The number of rotatable bonds is 4. The van der Waals surface area contributed by atoms with Crippen molar-refractivity contribution in [2.75, 3.05) is 12.4 Å². The first kappa shape index (κ1) is 12.9. The number of hydrogen-bond acceptors (Lipinski definition) is 3. The van der Waals surface area contributed by atoms with Gasteiger partial charge in [0.2, 0.25) is 0 Å². The maximum Gasteiger partial charge on any atom is 0.193 e.